The molecule has 4 N–H and O–H groups in total. The Morgan fingerprint density at radius 3 is 2.63 bits per heavy atom. The van der Waals surface area contributed by atoms with E-state index < -0.39 is 29.0 Å². The van der Waals surface area contributed by atoms with Crippen LogP contribution < -0.4 is 16.6 Å². The Balaban J connectivity index is 2.04. The second-order valence-electron chi connectivity index (χ2n) is 4.50. The summed E-state index contributed by atoms with van der Waals surface area (Å²) in [5.74, 6) is -1.95. The van der Waals surface area contributed by atoms with Crippen molar-refractivity contribution >= 4 is 11.9 Å². The number of amides is 1. The number of aromatic nitrogens is 2. The molecule has 1 aromatic rings. The standard InChI is InChI=1S/C11H13N3O5/c15-8(7-4-12-11(19)14-9(7)16)13-6-2-1-5(3-6)10(17)18/h4-6H,1-3H2,(H,13,15)(H,17,18)(H2,12,14,16,19)/t5-,6+/m1/s1. The van der Waals surface area contributed by atoms with Crippen LogP contribution in [0, 0.1) is 5.92 Å². The van der Waals surface area contributed by atoms with Gasteiger partial charge in [-0.3, -0.25) is 19.4 Å². The number of carboxylic acids is 1. The number of carbonyl (C=O) groups is 2. The van der Waals surface area contributed by atoms with Crippen molar-refractivity contribution in [2.75, 3.05) is 0 Å². The number of hydrogen-bond acceptors (Lipinski definition) is 4. The lowest BCUT2D eigenvalue weighted by Crippen LogP contribution is -2.38. The van der Waals surface area contributed by atoms with E-state index in [1.165, 1.54) is 0 Å². The molecule has 8 nitrogen and oxygen atoms in total. The Bertz CT molecular complexity index is 617. The minimum Gasteiger partial charge on any atom is -0.481 e. The van der Waals surface area contributed by atoms with E-state index >= 15 is 0 Å². The molecule has 2 atom stereocenters. The van der Waals surface area contributed by atoms with Gasteiger partial charge in [-0.1, -0.05) is 0 Å². The van der Waals surface area contributed by atoms with E-state index in [1.807, 2.05) is 4.98 Å². The molecule has 0 saturated heterocycles. The van der Waals surface area contributed by atoms with Crippen molar-refractivity contribution in [1.29, 1.82) is 0 Å². The molecule has 1 saturated carbocycles. The second-order valence-corrected chi connectivity index (χ2v) is 4.50. The normalized spacial score (nSPS) is 22.1. The van der Waals surface area contributed by atoms with Crippen LogP contribution >= 0.6 is 0 Å². The van der Waals surface area contributed by atoms with Gasteiger partial charge in [0.05, 0.1) is 5.92 Å². The van der Waals surface area contributed by atoms with Gasteiger partial charge in [0.2, 0.25) is 0 Å². The fourth-order valence-electron chi connectivity index (χ4n) is 2.18. The molecular formula is C11H13N3O5. The van der Waals surface area contributed by atoms with Gasteiger partial charge in [-0.15, -0.1) is 0 Å². The van der Waals surface area contributed by atoms with E-state index in [2.05, 4.69) is 10.3 Å². The third-order valence-electron chi connectivity index (χ3n) is 3.18. The highest BCUT2D eigenvalue weighted by molar-refractivity contribution is 5.93. The third-order valence-corrected chi connectivity index (χ3v) is 3.18. The smallest absolute Gasteiger partial charge is 0.325 e. The zero-order chi connectivity index (χ0) is 14.0. The molecule has 0 radical (unpaired) electrons. The van der Waals surface area contributed by atoms with E-state index in [0.29, 0.717) is 19.3 Å². The van der Waals surface area contributed by atoms with Gasteiger partial charge < -0.3 is 15.4 Å². The monoisotopic (exact) mass is 267 g/mol. The van der Waals surface area contributed by atoms with E-state index in [-0.39, 0.29) is 11.6 Å². The molecule has 0 unspecified atom stereocenters. The second kappa shape index (κ2) is 5.09. The number of rotatable bonds is 3. The summed E-state index contributed by atoms with van der Waals surface area (Å²) in [5, 5.41) is 11.4. The maximum atomic E-state index is 11.8. The molecule has 1 amide bonds. The van der Waals surface area contributed by atoms with Crippen LogP contribution in [0.1, 0.15) is 29.6 Å². The molecule has 19 heavy (non-hydrogen) atoms. The Morgan fingerprint density at radius 1 is 1.32 bits per heavy atom. The Labute approximate surface area is 106 Å². The van der Waals surface area contributed by atoms with Crippen molar-refractivity contribution in [2.45, 2.75) is 25.3 Å². The Hall–Kier alpha value is -2.38. The Kier molecular flexibility index (Phi) is 3.50. The van der Waals surface area contributed by atoms with Crippen molar-refractivity contribution in [1.82, 2.24) is 15.3 Å². The molecule has 0 bridgehead atoms. The highest BCUT2D eigenvalue weighted by atomic mass is 16.4. The molecule has 1 aliphatic carbocycles. The van der Waals surface area contributed by atoms with Crippen molar-refractivity contribution in [3.8, 4) is 0 Å². The van der Waals surface area contributed by atoms with Crippen LogP contribution in [0.4, 0.5) is 0 Å². The lowest BCUT2D eigenvalue weighted by molar-refractivity contribution is -0.141. The lowest BCUT2D eigenvalue weighted by atomic mass is 10.1. The summed E-state index contributed by atoms with van der Waals surface area (Å²) in [4.78, 5) is 49.0. The van der Waals surface area contributed by atoms with Gasteiger partial charge in [0.1, 0.15) is 5.56 Å². The van der Waals surface area contributed by atoms with E-state index in [1.54, 1.807) is 0 Å². The summed E-state index contributed by atoms with van der Waals surface area (Å²) in [6.45, 7) is 0. The minimum absolute atomic E-state index is 0.196. The Morgan fingerprint density at radius 2 is 2.05 bits per heavy atom. The number of H-pyrrole nitrogens is 2. The maximum absolute atomic E-state index is 11.8. The van der Waals surface area contributed by atoms with Crippen molar-refractivity contribution < 1.29 is 14.7 Å². The molecule has 8 heteroatoms. The summed E-state index contributed by atoms with van der Waals surface area (Å²) in [6.07, 6.45) is 2.45. The number of aliphatic carboxylic acids is 1. The summed E-state index contributed by atoms with van der Waals surface area (Å²) in [6, 6.07) is -0.264. The first-order chi connectivity index (χ1) is 8.97. The van der Waals surface area contributed by atoms with Crippen LogP contribution in [0.2, 0.25) is 0 Å². The van der Waals surface area contributed by atoms with Crippen LogP contribution in [0.3, 0.4) is 0 Å². The molecule has 0 aliphatic heterocycles. The fourth-order valence-corrected chi connectivity index (χ4v) is 2.18. The summed E-state index contributed by atoms with van der Waals surface area (Å²) < 4.78 is 0. The first-order valence-electron chi connectivity index (χ1n) is 5.83. The van der Waals surface area contributed by atoms with E-state index in [4.69, 9.17) is 5.11 Å². The van der Waals surface area contributed by atoms with E-state index in [9.17, 15) is 19.2 Å². The van der Waals surface area contributed by atoms with Crippen LogP contribution in [0.25, 0.3) is 0 Å². The van der Waals surface area contributed by atoms with Crippen LogP contribution in [-0.4, -0.2) is 33.0 Å². The molecule has 1 aromatic heterocycles. The first kappa shape index (κ1) is 13.1. The summed E-state index contributed by atoms with van der Waals surface area (Å²) in [7, 11) is 0. The summed E-state index contributed by atoms with van der Waals surface area (Å²) >= 11 is 0. The predicted molar refractivity (Wildman–Crippen MR) is 63.9 cm³/mol. The first-order valence-corrected chi connectivity index (χ1v) is 5.83. The van der Waals surface area contributed by atoms with Crippen molar-refractivity contribution in [2.24, 2.45) is 5.92 Å². The fraction of sp³-hybridized carbons (Fsp3) is 0.455. The molecule has 1 fully saturated rings. The van der Waals surface area contributed by atoms with Gasteiger partial charge in [0, 0.05) is 12.2 Å². The van der Waals surface area contributed by atoms with Gasteiger partial charge in [-0.05, 0) is 19.3 Å². The quantitative estimate of drug-likeness (QED) is 0.560. The summed E-state index contributed by atoms with van der Waals surface area (Å²) in [5.41, 5.74) is -1.65. The molecule has 0 aromatic carbocycles. The third kappa shape index (κ3) is 2.90. The minimum atomic E-state index is -0.876. The number of carbonyl (C=O) groups excluding carboxylic acids is 1. The van der Waals surface area contributed by atoms with Crippen LogP contribution in [0.5, 0.6) is 0 Å². The van der Waals surface area contributed by atoms with Gasteiger partial charge in [0.25, 0.3) is 11.5 Å². The van der Waals surface area contributed by atoms with Gasteiger partial charge in [-0.25, -0.2) is 4.79 Å². The molecule has 2 rings (SSSR count). The topological polar surface area (TPSA) is 132 Å². The number of carboxylic acid groups (broad SMARTS) is 1. The zero-order valence-electron chi connectivity index (χ0n) is 9.93. The highest BCUT2D eigenvalue weighted by Crippen LogP contribution is 2.25. The van der Waals surface area contributed by atoms with Crippen LogP contribution in [-0.2, 0) is 4.79 Å². The number of nitrogens with one attached hydrogen (secondary N) is 3. The van der Waals surface area contributed by atoms with Crippen molar-refractivity contribution in [3.05, 3.63) is 32.6 Å². The van der Waals surface area contributed by atoms with Gasteiger partial charge >= 0.3 is 11.7 Å². The molecule has 1 aliphatic rings. The lowest BCUT2D eigenvalue weighted by Gasteiger charge is -2.11. The number of hydrogen-bond donors (Lipinski definition) is 4. The van der Waals surface area contributed by atoms with Gasteiger partial charge in [0.15, 0.2) is 0 Å². The van der Waals surface area contributed by atoms with Crippen molar-refractivity contribution in [3.63, 3.8) is 0 Å². The zero-order valence-corrected chi connectivity index (χ0v) is 9.93. The number of aromatic amines is 2. The van der Waals surface area contributed by atoms with Crippen LogP contribution in [0.15, 0.2) is 15.8 Å². The average Bonchev–Trinajstić information content (AvgIpc) is 2.77. The molecule has 0 spiro atoms. The highest BCUT2D eigenvalue weighted by Gasteiger charge is 2.31. The maximum Gasteiger partial charge on any atom is 0.325 e. The molecule has 1 heterocycles. The average molecular weight is 267 g/mol. The SMILES string of the molecule is O=C(N[C@H]1CC[C@@H](C(=O)O)C1)c1c[nH]c(=O)[nH]c1=O. The van der Waals surface area contributed by atoms with Gasteiger partial charge in [-0.2, -0.15) is 0 Å². The molecular weight excluding hydrogens is 254 g/mol. The molecule has 102 valence electrons. The largest absolute Gasteiger partial charge is 0.481 e. The van der Waals surface area contributed by atoms with E-state index in [0.717, 1.165) is 6.20 Å². The predicted octanol–water partition coefficient (Wildman–Crippen LogP) is -0.954.